The third-order valence-corrected chi connectivity index (χ3v) is 3.00. The lowest BCUT2D eigenvalue weighted by molar-refractivity contribution is 0.0932. The standard InChI is InChI=1S/C12H14N6OS/c1-7(11-17-15-6-18(11)2)16-12(19)9-4-3-8(5-14-9)10(13)20/h3-7H,1-2H3,(H2,13,20)(H,16,19). The molecule has 2 rings (SSSR count). The second kappa shape index (κ2) is 5.74. The molecule has 2 aromatic rings. The average molecular weight is 290 g/mol. The van der Waals surface area contributed by atoms with E-state index in [0.29, 0.717) is 17.1 Å². The minimum atomic E-state index is -0.296. The summed E-state index contributed by atoms with van der Waals surface area (Å²) in [4.78, 5) is 16.3. The van der Waals surface area contributed by atoms with E-state index in [-0.39, 0.29) is 16.9 Å². The van der Waals surface area contributed by atoms with Gasteiger partial charge in [0.2, 0.25) is 0 Å². The molecule has 0 bridgehead atoms. The van der Waals surface area contributed by atoms with E-state index < -0.39 is 0 Å². The van der Waals surface area contributed by atoms with Crippen LogP contribution < -0.4 is 11.1 Å². The highest BCUT2D eigenvalue weighted by Gasteiger charge is 2.16. The largest absolute Gasteiger partial charge is 0.389 e. The van der Waals surface area contributed by atoms with Crippen molar-refractivity contribution >= 4 is 23.1 Å². The molecule has 0 aromatic carbocycles. The molecule has 20 heavy (non-hydrogen) atoms. The van der Waals surface area contributed by atoms with Gasteiger partial charge in [-0.3, -0.25) is 9.78 Å². The zero-order valence-corrected chi connectivity index (χ0v) is 11.9. The zero-order chi connectivity index (χ0) is 14.7. The van der Waals surface area contributed by atoms with Crippen LogP contribution in [0.15, 0.2) is 24.7 Å². The van der Waals surface area contributed by atoms with E-state index in [1.165, 1.54) is 6.20 Å². The Morgan fingerprint density at radius 3 is 2.75 bits per heavy atom. The van der Waals surface area contributed by atoms with Gasteiger partial charge in [-0.15, -0.1) is 10.2 Å². The van der Waals surface area contributed by atoms with E-state index in [1.807, 2.05) is 14.0 Å². The van der Waals surface area contributed by atoms with E-state index in [0.717, 1.165) is 0 Å². The van der Waals surface area contributed by atoms with Crippen molar-refractivity contribution in [1.82, 2.24) is 25.1 Å². The number of amides is 1. The van der Waals surface area contributed by atoms with E-state index in [2.05, 4.69) is 20.5 Å². The van der Waals surface area contributed by atoms with Gasteiger partial charge >= 0.3 is 0 Å². The normalized spacial score (nSPS) is 11.9. The number of hydrogen-bond acceptors (Lipinski definition) is 5. The Labute approximate surface area is 121 Å². The molecule has 0 fully saturated rings. The first-order valence-electron chi connectivity index (χ1n) is 5.89. The molecule has 0 saturated carbocycles. The molecule has 0 aliphatic carbocycles. The van der Waals surface area contributed by atoms with Gasteiger partial charge in [-0.1, -0.05) is 12.2 Å². The smallest absolute Gasteiger partial charge is 0.270 e. The van der Waals surface area contributed by atoms with Gasteiger partial charge in [0, 0.05) is 18.8 Å². The lowest BCUT2D eigenvalue weighted by atomic mass is 10.2. The summed E-state index contributed by atoms with van der Waals surface area (Å²) in [6.45, 7) is 1.82. The number of nitrogens with zero attached hydrogens (tertiary/aromatic N) is 4. The highest BCUT2D eigenvalue weighted by molar-refractivity contribution is 7.80. The van der Waals surface area contributed by atoms with Crippen LogP contribution in [0.1, 0.15) is 34.8 Å². The Morgan fingerprint density at radius 1 is 1.50 bits per heavy atom. The summed E-state index contributed by atoms with van der Waals surface area (Å²) in [6, 6.07) is 2.97. The fourth-order valence-corrected chi connectivity index (χ4v) is 1.81. The van der Waals surface area contributed by atoms with Crippen molar-refractivity contribution in [2.75, 3.05) is 0 Å². The SMILES string of the molecule is CC(NC(=O)c1ccc(C(N)=S)cn1)c1nncn1C. The average Bonchev–Trinajstić information content (AvgIpc) is 2.85. The molecule has 3 N–H and O–H groups in total. The molecule has 0 spiro atoms. The van der Waals surface area contributed by atoms with E-state index in [4.69, 9.17) is 18.0 Å². The van der Waals surface area contributed by atoms with Crippen LogP contribution in [-0.4, -0.2) is 30.6 Å². The van der Waals surface area contributed by atoms with Gasteiger partial charge < -0.3 is 15.6 Å². The molecule has 104 valence electrons. The van der Waals surface area contributed by atoms with E-state index in [1.54, 1.807) is 23.0 Å². The molecule has 8 heteroatoms. The number of aryl methyl sites for hydroxylation is 1. The fourth-order valence-electron chi connectivity index (χ4n) is 1.69. The predicted octanol–water partition coefficient (Wildman–Crippen LogP) is 0.335. The van der Waals surface area contributed by atoms with Crippen LogP contribution in [0.25, 0.3) is 0 Å². The third kappa shape index (κ3) is 2.97. The van der Waals surface area contributed by atoms with Crippen molar-refractivity contribution in [3.63, 3.8) is 0 Å². The molecule has 0 aliphatic heterocycles. The lowest BCUT2D eigenvalue weighted by Crippen LogP contribution is -2.29. The Balaban J connectivity index is 2.08. The topological polar surface area (TPSA) is 98.7 Å². The van der Waals surface area contributed by atoms with Crippen molar-refractivity contribution in [1.29, 1.82) is 0 Å². The highest BCUT2D eigenvalue weighted by Crippen LogP contribution is 2.08. The van der Waals surface area contributed by atoms with Crippen molar-refractivity contribution < 1.29 is 4.79 Å². The number of nitrogens with one attached hydrogen (secondary N) is 1. The first kappa shape index (κ1) is 14.1. The molecule has 1 amide bonds. The predicted molar refractivity (Wildman–Crippen MR) is 77.0 cm³/mol. The Kier molecular flexibility index (Phi) is 4.04. The minimum absolute atomic E-state index is 0.247. The second-order valence-corrected chi connectivity index (χ2v) is 4.73. The van der Waals surface area contributed by atoms with Crippen LogP contribution in [0.2, 0.25) is 0 Å². The van der Waals surface area contributed by atoms with Crippen LogP contribution in [-0.2, 0) is 7.05 Å². The summed E-state index contributed by atoms with van der Waals surface area (Å²) < 4.78 is 1.74. The summed E-state index contributed by atoms with van der Waals surface area (Å²) in [6.07, 6.45) is 3.05. The highest BCUT2D eigenvalue weighted by atomic mass is 32.1. The van der Waals surface area contributed by atoms with Crippen molar-refractivity contribution in [3.05, 3.63) is 41.7 Å². The summed E-state index contributed by atoms with van der Waals surface area (Å²) >= 11 is 4.83. The molecular weight excluding hydrogens is 276 g/mol. The maximum Gasteiger partial charge on any atom is 0.270 e. The molecule has 0 saturated heterocycles. The van der Waals surface area contributed by atoms with Crippen molar-refractivity contribution in [2.45, 2.75) is 13.0 Å². The third-order valence-electron chi connectivity index (χ3n) is 2.76. The summed E-state index contributed by atoms with van der Waals surface area (Å²) in [5.74, 6) is 0.369. The van der Waals surface area contributed by atoms with Gasteiger partial charge in [-0.25, -0.2) is 0 Å². The molecule has 0 radical (unpaired) electrons. The summed E-state index contributed by atoms with van der Waals surface area (Å²) in [7, 11) is 1.81. The number of carbonyl (C=O) groups excluding carboxylic acids is 1. The van der Waals surface area contributed by atoms with Gasteiger partial charge in [-0.05, 0) is 19.1 Å². The van der Waals surface area contributed by atoms with Gasteiger partial charge in [0.15, 0.2) is 5.82 Å². The molecule has 2 heterocycles. The first-order valence-corrected chi connectivity index (χ1v) is 6.30. The molecule has 1 unspecified atom stereocenters. The number of pyridine rings is 1. The minimum Gasteiger partial charge on any atom is -0.389 e. The number of carbonyl (C=O) groups is 1. The Bertz CT molecular complexity index is 636. The molecule has 2 aromatic heterocycles. The number of rotatable bonds is 4. The van der Waals surface area contributed by atoms with E-state index >= 15 is 0 Å². The number of aromatic nitrogens is 4. The molecule has 0 aliphatic rings. The van der Waals surface area contributed by atoms with E-state index in [9.17, 15) is 4.79 Å². The molecular formula is C12H14N6OS. The molecule has 1 atom stereocenters. The van der Waals surface area contributed by atoms with Crippen molar-refractivity contribution in [2.24, 2.45) is 12.8 Å². The Morgan fingerprint density at radius 2 is 2.25 bits per heavy atom. The number of hydrogen-bond donors (Lipinski definition) is 2. The summed E-state index contributed by atoms with van der Waals surface area (Å²) in [5, 5.41) is 10.5. The fraction of sp³-hybridized carbons (Fsp3) is 0.250. The maximum atomic E-state index is 12.0. The number of nitrogens with two attached hydrogens (primary N) is 1. The van der Waals surface area contributed by atoms with Crippen LogP contribution in [0.4, 0.5) is 0 Å². The monoisotopic (exact) mass is 290 g/mol. The zero-order valence-electron chi connectivity index (χ0n) is 11.1. The summed E-state index contributed by atoms with van der Waals surface area (Å²) in [5.41, 5.74) is 6.39. The quantitative estimate of drug-likeness (QED) is 0.788. The first-order chi connectivity index (χ1) is 9.49. The second-order valence-electron chi connectivity index (χ2n) is 4.29. The van der Waals surface area contributed by atoms with Gasteiger partial charge in [-0.2, -0.15) is 0 Å². The lowest BCUT2D eigenvalue weighted by Gasteiger charge is -2.12. The Hall–Kier alpha value is -2.35. The van der Waals surface area contributed by atoms with Crippen LogP contribution in [0.5, 0.6) is 0 Å². The number of thiocarbonyl (C=S) groups is 1. The van der Waals surface area contributed by atoms with Crippen LogP contribution in [0.3, 0.4) is 0 Å². The van der Waals surface area contributed by atoms with Gasteiger partial charge in [0.25, 0.3) is 5.91 Å². The van der Waals surface area contributed by atoms with Gasteiger partial charge in [0.05, 0.1) is 6.04 Å². The van der Waals surface area contributed by atoms with Gasteiger partial charge in [0.1, 0.15) is 17.0 Å². The van der Waals surface area contributed by atoms with Crippen molar-refractivity contribution in [3.8, 4) is 0 Å². The van der Waals surface area contributed by atoms with Crippen LogP contribution >= 0.6 is 12.2 Å². The molecule has 7 nitrogen and oxygen atoms in total. The van der Waals surface area contributed by atoms with Crippen LogP contribution in [0, 0.1) is 0 Å². The maximum absolute atomic E-state index is 12.0.